The molecule has 6 nitrogen and oxygen atoms in total. The van der Waals surface area contributed by atoms with Gasteiger partial charge < -0.3 is 15.3 Å². The topological polar surface area (TPSA) is 86.7 Å². The van der Waals surface area contributed by atoms with Gasteiger partial charge in [-0.05, 0) is 50.5 Å². The van der Waals surface area contributed by atoms with Crippen molar-refractivity contribution < 1.29 is 23.9 Å². The van der Waals surface area contributed by atoms with Crippen LogP contribution >= 0.6 is 11.8 Å². The second-order valence-corrected chi connectivity index (χ2v) is 7.22. The summed E-state index contributed by atoms with van der Waals surface area (Å²) in [5.41, 5.74) is 0.480. The van der Waals surface area contributed by atoms with Crippen LogP contribution in [0, 0.1) is 5.82 Å². The van der Waals surface area contributed by atoms with Gasteiger partial charge in [0.15, 0.2) is 0 Å². The van der Waals surface area contributed by atoms with Gasteiger partial charge in [-0.1, -0.05) is 0 Å². The maximum Gasteiger partial charge on any atom is 0.326 e. The van der Waals surface area contributed by atoms with Crippen molar-refractivity contribution >= 4 is 35.2 Å². The Hall–Kier alpha value is -2.09. The fourth-order valence-electron chi connectivity index (χ4n) is 2.69. The lowest BCUT2D eigenvalue weighted by Gasteiger charge is -2.34. The molecule has 1 saturated heterocycles. The third-order valence-electron chi connectivity index (χ3n) is 4.01. The molecule has 1 aromatic carbocycles. The summed E-state index contributed by atoms with van der Waals surface area (Å²) in [7, 11) is 0. The van der Waals surface area contributed by atoms with Crippen LogP contribution in [0.5, 0.6) is 0 Å². The van der Waals surface area contributed by atoms with E-state index in [0.29, 0.717) is 18.7 Å². The van der Waals surface area contributed by atoms with Gasteiger partial charge in [-0.2, -0.15) is 0 Å². The van der Waals surface area contributed by atoms with E-state index in [2.05, 4.69) is 5.32 Å². The Morgan fingerprint density at radius 1 is 1.32 bits per heavy atom. The summed E-state index contributed by atoms with van der Waals surface area (Å²) in [4.78, 5) is 37.1. The van der Waals surface area contributed by atoms with Crippen LogP contribution in [0.25, 0.3) is 0 Å². The Kier molecular flexibility index (Phi) is 6.81. The first-order chi connectivity index (χ1) is 11.9. The van der Waals surface area contributed by atoms with Crippen molar-refractivity contribution in [2.24, 2.45) is 0 Å². The van der Waals surface area contributed by atoms with Crippen LogP contribution < -0.4 is 5.32 Å². The van der Waals surface area contributed by atoms with Crippen molar-refractivity contribution in [1.82, 2.24) is 4.90 Å². The number of likely N-dealkylation sites (tertiary alicyclic amines) is 1. The normalized spacial score (nSPS) is 18.5. The van der Waals surface area contributed by atoms with Crippen LogP contribution in [-0.2, 0) is 14.4 Å². The molecule has 25 heavy (non-hydrogen) atoms. The van der Waals surface area contributed by atoms with E-state index in [-0.39, 0.29) is 23.4 Å². The molecule has 0 aromatic heterocycles. The molecule has 8 heteroatoms. The standard InChI is InChI=1S/C17H21FN2O4S/c1-11(16(22)20-9-3-2-4-14(20)17(23)24)25-10-15(21)19-13-7-5-12(18)6-8-13/h5-8,11,14H,2-4,9-10H2,1H3,(H,19,21)(H,23,24). The molecule has 1 aliphatic heterocycles. The Labute approximate surface area is 149 Å². The van der Waals surface area contributed by atoms with E-state index in [4.69, 9.17) is 0 Å². The number of carboxylic acid groups (broad SMARTS) is 1. The van der Waals surface area contributed by atoms with E-state index >= 15 is 0 Å². The smallest absolute Gasteiger partial charge is 0.326 e. The monoisotopic (exact) mass is 368 g/mol. The van der Waals surface area contributed by atoms with Crippen molar-refractivity contribution in [3.63, 3.8) is 0 Å². The van der Waals surface area contributed by atoms with Crippen LogP contribution in [0.3, 0.4) is 0 Å². The minimum Gasteiger partial charge on any atom is -0.480 e. The van der Waals surface area contributed by atoms with Crippen molar-refractivity contribution in [2.75, 3.05) is 17.6 Å². The molecule has 2 amide bonds. The molecule has 2 atom stereocenters. The summed E-state index contributed by atoms with van der Waals surface area (Å²) >= 11 is 1.15. The number of carbonyl (C=O) groups excluding carboxylic acids is 2. The summed E-state index contributed by atoms with van der Waals surface area (Å²) in [6.07, 6.45) is 2.05. The lowest BCUT2D eigenvalue weighted by atomic mass is 10.0. The lowest BCUT2D eigenvalue weighted by molar-refractivity contribution is -0.151. The molecular formula is C17H21FN2O4S. The van der Waals surface area contributed by atoms with E-state index in [1.54, 1.807) is 6.92 Å². The van der Waals surface area contributed by atoms with Gasteiger partial charge in [-0.3, -0.25) is 9.59 Å². The van der Waals surface area contributed by atoms with Crippen molar-refractivity contribution in [1.29, 1.82) is 0 Å². The summed E-state index contributed by atoms with van der Waals surface area (Å²) in [6, 6.07) is 4.63. The van der Waals surface area contributed by atoms with E-state index < -0.39 is 17.3 Å². The number of nitrogens with one attached hydrogen (secondary N) is 1. The van der Waals surface area contributed by atoms with Gasteiger partial charge in [0.25, 0.3) is 0 Å². The van der Waals surface area contributed by atoms with Gasteiger partial charge in [-0.25, -0.2) is 9.18 Å². The van der Waals surface area contributed by atoms with E-state index in [9.17, 15) is 23.9 Å². The fraction of sp³-hybridized carbons (Fsp3) is 0.471. The lowest BCUT2D eigenvalue weighted by Crippen LogP contribution is -2.50. The van der Waals surface area contributed by atoms with E-state index in [1.165, 1.54) is 29.2 Å². The van der Waals surface area contributed by atoms with E-state index in [0.717, 1.165) is 24.6 Å². The minimum atomic E-state index is -0.987. The average molecular weight is 368 g/mol. The number of anilines is 1. The molecule has 1 heterocycles. The molecule has 2 unspecified atom stereocenters. The zero-order chi connectivity index (χ0) is 18.4. The number of piperidine rings is 1. The van der Waals surface area contributed by atoms with Crippen LogP contribution in [0.1, 0.15) is 26.2 Å². The van der Waals surface area contributed by atoms with Crippen molar-refractivity contribution in [2.45, 2.75) is 37.5 Å². The zero-order valence-electron chi connectivity index (χ0n) is 13.9. The number of hydrogen-bond donors (Lipinski definition) is 2. The molecule has 0 radical (unpaired) electrons. The minimum absolute atomic E-state index is 0.0514. The number of carboxylic acids is 1. The van der Waals surface area contributed by atoms with Crippen LogP contribution in [0.15, 0.2) is 24.3 Å². The fourth-order valence-corrected chi connectivity index (χ4v) is 3.44. The summed E-state index contributed by atoms with van der Waals surface area (Å²) in [6.45, 7) is 2.11. The summed E-state index contributed by atoms with van der Waals surface area (Å²) in [5, 5.41) is 11.4. The SMILES string of the molecule is CC(SCC(=O)Nc1ccc(F)cc1)C(=O)N1CCCCC1C(=O)O. The summed E-state index contributed by atoms with van der Waals surface area (Å²) in [5.74, 6) is -1.88. The van der Waals surface area contributed by atoms with Gasteiger partial charge in [0.1, 0.15) is 11.9 Å². The van der Waals surface area contributed by atoms with E-state index in [1.807, 2.05) is 0 Å². The van der Waals surface area contributed by atoms with Gasteiger partial charge in [0.2, 0.25) is 11.8 Å². The molecule has 1 aromatic rings. The molecule has 2 rings (SSSR count). The van der Waals surface area contributed by atoms with Crippen LogP contribution in [0.4, 0.5) is 10.1 Å². The number of halogens is 1. The number of benzene rings is 1. The second kappa shape index (κ2) is 8.84. The van der Waals surface area contributed by atoms with Gasteiger partial charge in [0, 0.05) is 12.2 Å². The predicted octanol–water partition coefficient (Wildman–Crippen LogP) is 2.35. The Morgan fingerprint density at radius 3 is 2.64 bits per heavy atom. The molecular weight excluding hydrogens is 347 g/mol. The van der Waals surface area contributed by atoms with Crippen molar-refractivity contribution in [3.05, 3.63) is 30.1 Å². The molecule has 0 bridgehead atoms. The average Bonchev–Trinajstić information content (AvgIpc) is 2.61. The number of carbonyl (C=O) groups is 3. The molecule has 0 spiro atoms. The molecule has 0 saturated carbocycles. The molecule has 1 aliphatic rings. The Morgan fingerprint density at radius 2 is 2.00 bits per heavy atom. The predicted molar refractivity (Wildman–Crippen MR) is 93.9 cm³/mol. The first kappa shape index (κ1) is 19.2. The zero-order valence-corrected chi connectivity index (χ0v) is 14.7. The highest BCUT2D eigenvalue weighted by atomic mass is 32.2. The second-order valence-electron chi connectivity index (χ2n) is 5.89. The van der Waals surface area contributed by atoms with Crippen LogP contribution in [-0.4, -0.2) is 51.4 Å². The number of aliphatic carboxylic acids is 1. The Balaban J connectivity index is 1.84. The van der Waals surface area contributed by atoms with Gasteiger partial charge in [-0.15, -0.1) is 11.8 Å². The van der Waals surface area contributed by atoms with Gasteiger partial charge >= 0.3 is 5.97 Å². The van der Waals surface area contributed by atoms with Crippen LogP contribution in [0.2, 0.25) is 0 Å². The maximum absolute atomic E-state index is 12.8. The third kappa shape index (κ3) is 5.45. The van der Waals surface area contributed by atoms with Crippen molar-refractivity contribution in [3.8, 4) is 0 Å². The highest BCUT2D eigenvalue weighted by Gasteiger charge is 2.34. The molecule has 1 fully saturated rings. The number of rotatable bonds is 6. The number of nitrogens with zero attached hydrogens (tertiary/aromatic N) is 1. The highest BCUT2D eigenvalue weighted by Crippen LogP contribution is 2.22. The first-order valence-corrected chi connectivity index (χ1v) is 9.13. The molecule has 0 aliphatic carbocycles. The molecule has 136 valence electrons. The maximum atomic E-state index is 12.8. The number of hydrogen-bond acceptors (Lipinski definition) is 4. The highest BCUT2D eigenvalue weighted by molar-refractivity contribution is 8.01. The quantitative estimate of drug-likeness (QED) is 0.805. The molecule has 2 N–H and O–H groups in total. The summed E-state index contributed by atoms with van der Waals surface area (Å²) < 4.78 is 12.8. The van der Waals surface area contributed by atoms with Gasteiger partial charge in [0.05, 0.1) is 11.0 Å². The first-order valence-electron chi connectivity index (χ1n) is 8.09. The Bertz CT molecular complexity index is 638. The number of thioether (sulfide) groups is 1. The number of amides is 2. The largest absolute Gasteiger partial charge is 0.480 e. The third-order valence-corrected chi connectivity index (χ3v) is 5.14.